The van der Waals surface area contributed by atoms with Crippen molar-refractivity contribution >= 4 is 35.1 Å². The number of amides is 3. The largest absolute Gasteiger partial charge is 0.453 e. The standard InChI is InChI=1S/C30H36F3N9O5/c1-19(2)12-25(43)35-16-26(44)40-6-4-39(5-7-40)17-20-13-23-28(41-8-10-47-11-9-41)37-27(38-42(23)18-20)21-15-34-24(36-29(45)46-3)14-22(21)30(31,32)33/h12-15,18H,4-11,16-17H2,1-3H3,(H,35,43)(H,34,36,45). The summed E-state index contributed by atoms with van der Waals surface area (Å²) < 4.78 is 54.3. The molecule has 17 heteroatoms. The number of carbonyl (C=O) groups is 3. The van der Waals surface area contributed by atoms with Gasteiger partial charge in [-0.1, -0.05) is 5.57 Å². The van der Waals surface area contributed by atoms with Crippen LogP contribution in [0, 0.1) is 0 Å². The summed E-state index contributed by atoms with van der Waals surface area (Å²) in [4.78, 5) is 50.5. The Balaban J connectivity index is 1.38. The molecule has 252 valence electrons. The van der Waals surface area contributed by atoms with Crippen LogP contribution in [0.4, 0.5) is 29.6 Å². The highest BCUT2D eigenvalue weighted by molar-refractivity contribution is 5.91. The summed E-state index contributed by atoms with van der Waals surface area (Å²) in [5, 5.41) is 9.24. The summed E-state index contributed by atoms with van der Waals surface area (Å²) in [6.07, 6.45) is -1.57. The number of allylic oxidation sites excluding steroid dienone is 1. The lowest BCUT2D eigenvalue weighted by molar-refractivity contribution is -0.137. The van der Waals surface area contributed by atoms with Crippen LogP contribution < -0.4 is 15.5 Å². The number of halogens is 3. The Kier molecular flexibility index (Phi) is 10.2. The number of hydrogen-bond donors (Lipinski definition) is 2. The molecule has 0 atom stereocenters. The number of nitrogens with one attached hydrogen (secondary N) is 2. The van der Waals surface area contributed by atoms with Crippen molar-refractivity contribution in [2.24, 2.45) is 0 Å². The smallest absolute Gasteiger partial charge is 0.417 e. The van der Waals surface area contributed by atoms with Gasteiger partial charge >= 0.3 is 12.3 Å². The molecule has 5 rings (SSSR count). The number of fused-ring (bicyclic) bond motifs is 1. The number of pyridine rings is 1. The van der Waals surface area contributed by atoms with Crippen LogP contribution in [0.2, 0.25) is 0 Å². The highest BCUT2D eigenvalue weighted by Gasteiger charge is 2.36. The van der Waals surface area contributed by atoms with Gasteiger partial charge in [-0.25, -0.2) is 19.3 Å². The normalized spacial score (nSPS) is 15.8. The zero-order chi connectivity index (χ0) is 33.7. The van der Waals surface area contributed by atoms with Gasteiger partial charge in [0.2, 0.25) is 11.8 Å². The lowest BCUT2D eigenvalue weighted by Crippen LogP contribution is -2.50. The van der Waals surface area contributed by atoms with E-state index in [0.717, 1.165) is 30.5 Å². The monoisotopic (exact) mass is 659 g/mol. The average molecular weight is 660 g/mol. The minimum Gasteiger partial charge on any atom is -0.453 e. The first-order valence-electron chi connectivity index (χ1n) is 15.0. The number of ether oxygens (including phenoxy) is 2. The van der Waals surface area contributed by atoms with Gasteiger partial charge in [-0.3, -0.25) is 19.8 Å². The second-order valence-corrected chi connectivity index (χ2v) is 11.4. The van der Waals surface area contributed by atoms with Gasteiger partial charge in [-0.05, 0) is 31.5 Å². The Morgan fingerprint density at radius 1 is 1.06 bits per heavy atom. The van der Waals surface area contributed by atoms with Gasteiger partial charge in [0, 0.05) is 64.3 Å². The first-order chi connectivity index (χ1) is 22.4. The Hall–Kier alpha value is -4.77. The van der Waals surface area contributed by atoms with Crippen molar-refractivity contribution in [3.63, 3.8) is 0 Å². The van der Waals surface area contributed by atoms with Crippen molar-refractivity contribution in [3.05, 3.63) is 47.3 Å². The maximum Gasteiger partial charge on any atom is 0.417 e. The van der Waals surface area contributed by atoms with Crippen molar-refractivity contribution in [3.8, 4) is 11.4 Å². The van der Waals surface area contributed by atoms with Crippen LogP contribution >= 0.6 is 0 Å². The van der Waals surface area contributed by atoms with Crippen molar-refractivity contribution < 1.29 is 37.0 Å². The number of aromatic nitrogens is 4. The van der Waals surface area contributed by atoms with E-state index in [-0.39, 0.29) is 35.6 Å². The highest BCUT2D eigenvalue weighted by Crippen LogP contribution is 2.38. The fourth-order valence-electron chi connectivity index (χ4n) is 5.34. The van der Waals surface area contributed by atoms with Crippen LogP contribution in [0.1, 0.15) is 25.0 Å². The Morgan fingerprint density at radius 3 is 2.45 bits per heavy atom. The van der Waals surface area contributed by atoms with Crippen LogP contribution in [-0.4, -0.2) is 113 Å². The number of rotatable bonds is 8. The fraction of sp³-hybridized carbons (Fsp3) is 0.467. The molecule has 3 aromatic rings. The maximum absolute atomic E-state index is 14.3. The lowest BCUT2D eigenvalue weighted by atomic mass is 10.1. The molecule has 2 aliphatic rings. The number of anilines is 2. The van der Waals surface area contributed by atoms with Gasteiger partial charge < -0.3 is 24.6 Å². The van der Waals surface area contributed by atoms with Crippen molar-refractivity contribution in [2.75, 3.05) is 76.4 Å². The summed E-state index contributed by atoms with van der Waals surface area (Å²) in [5.41, 5.74) is 0.913. The molecule has 0 bridgehead atoms. The van der Waals surface area contributed by atoms with E-state index < -0.39 is 17.8 Å². The molecule has 0 radical (unpaired) electrons. The highest BCUT2D eigenvalue weighted by atomic mass is 19.4. The number of methoxy groups -OCH3 is 1. The zero-order valence-electron chi connectivity index (χ0n) is 26.3. The molecule has 2 saturated heterocycles. The number of piperazine rings is 1. The minimum absolute atomic E-state index is 0.0745. The summed E-state index contributed by atoms with van der Waals surface area (Å²) in [6, 6.07) is 2.63. The third kappa shape index (κ3) is 8.34. The summed E-state index contributed by atoms with van der Waals surface area (Å²) in [6.45, 7) is 8.07. The van der Waals surface area contributed by atoms with E-state index in [9.17, 15) is 27.6 Å². The van der Waals surface area contributed by atoms with Gasteiger partial charge in [0.1, 0.15) is 11.3 Å². The molecule has 3 amide bonds. The summed E-state index contributed by atoms with van der Waals surface area (Å²) in [5.74, 6) is -0.524. The van der Waals surface area contributed by atoms with E-state index in [2.05, 4.69) is 35.3 Å². The molecule has 0 spiro atoms. The summed E-state index contributed by atoms with van der Waals surface area (Å²) in [7, 11) is 1.09. The molecular formula is C30H36F3N9O5. The number of carbonyl (C=O) groups excluding carboxylic acids is 3. The number of morpholine rings is 1. The molecule has 5 heterocycles. The summed E-state index contributed by atoms with van der Waals surface area (Å²) >= 11 is 0. The molecule has 0 saturated carbocycles. The van der Waals surface area contributed by atoms with Crippen LogP contribution in [0.3, 0.4) is 0 Å². The van der Waals surface area contributed by atoms with Crippen LogP contribution in [0.15, 0.2) is 36.2 Å². The van der Waals surface area contributed by atoms with E-state index >= 15 is 0 Å². The molecule has 47 heavy (non-hydrogen) atoms. The molecule has 14 nitrogen and oxygen atoms in total. The van der Waals surface area contributed by atoms with Crippen LogP contribution in [0.25, 0.3) is 16.9 Å². The van der Waals surface area contributed by atoms with E-state index in [4.69, 9.17) is 4.74 Å². The van der Waals surface area contributed by atoms with Crippen molar-refractivity contribution in [1.82, 2.24) is 34.7 Å². The second kappa shape index (κ2) is 14.3. The SMILES string of the molecule is COC(=O)Nc1cc(C(F)(F)F)c(-c2nc(N3CCOCC3)c3cc(CN4CCN(C(=O)CNC(=O)C=C(C)C)CC4)cn3n2)cn1. The Bertz CT molecular complexity index is 1660. The molecule has 2 N–H and O–H groups in total. The minimum atomic E-state index is -4.80. The van der Waals surface area contributed by atoms with Gasteiger partial charge in [-0.2, -0.15) is 13.2 Å². The maximum atomic E-state index is 14.3. The van der Waals surface area contributed by atoms with E-state index in [1.807, 2.05) is 11.0 Å². The molecular weight excluding hydrogens is 623 g/mol. The molecule has 2 fully saturated rings. The van der Waals surface area contributed by atoms with E-state index in [1.54, 1.807) is 24.9 Å². The van der Waals surface area contributed by atoms with E-state index in [1.165, 1.54) is 10.6 Å². The quantitative estimate of drug-likeness (QED) is 0.346. The Labute approximate surface area is 268 Å². The van der Waals surface area contributed by atoms with Crippen LogP contribution in [0.5, 0.6) is 0 Å². The first-order valence-corrected chi connectivity index (χ1v) is 15.0. The molecule has 2 aliphatic heterocycles. The third-order valence-corrected chi connectivity index (χ3v) is 7.64. The van der Waals surface area contributed by atoms with Gasteiger partial charge in [-0.15, -0.1) is 5.10 Å². The van der Waals surface area contributed by atoms with Gasteiger partial charge in [0.15, 0.2) is 11.6 Å². The molecule has 0 aromatic carbocycles. The average Bonchev–Trinajstić information content (AvgIpc) is 3.45. The van der Waals surface area contributed by atoms with Crippen LogP contribution in [-0.2, 0) is 31.8 Å². The van der Waals surface area contributed by atoms with Crippen molar-refractivity contribution in [2.45, 2.75) is 26.6 Å². The fourth-order valence-corrected chi connectivity index (χ4v) is 5.34. The molecule has 3 aromatic heterocycles. The molecule has 0 unspecified atom stereocenters. The third-order valence-electron chi connectivity index (χ3n) is 7.64. The number of alkyl halides is 3. The zero-order valence-corrected chi connectivity index (χ0v) is 26.3. The number of nitrogens with zero attached hydrogens (tertiary/aromatic N) is 7. The lowest BCUT2D eigenvalue weighted by Gasteiger charge is -2.34. The second-order valence-electron chi connectivity index (χ2n) is 11.4. The van der Waals surface area contributed by atoms with Gasteiger partial charge in [0.05, 0.1) is 38.0 Å². The predicted octanol–water partition coefficient (Wildman–Crippen LogP) is 2.55. The number of hydrogen-bond acceptors (Lipinski definition) is 10. The Morgan fingerprint density at radius 2 is 1.79 bits per heavy atom. The van der Waals surface area contributed by atoms with Crippen molar-refractivity contribution in [1.29, 1.82) is 0 Å². The first kappa shape index (κ1) is 33.6. The molecule has 0 aliphatic carbocycles. The van der Waals surface area contributed by atoms with E-state index in [0.29, 0.717) is 70.4 Å². The predicted molar refractivity (Wildman–Crippen MR) is 165 cm³/mol. The van der Waals surface area contributed by atoms with Gasteiger partial charge in [0.25, 0.3) is 0 Å². The topological polar surface area (TPSA) is 147 Å².